The van der Waals surface area contributed by atoms with Gasteiger partial charge in [-0.15, -0.1) is 0 Å². The van der Waals surface area contributed by atoms with Gasteiger partial charge in [-0.25, -0.2) is 4.99 Å². The highest BCUT2D eigenvalue weighted by atomic mass is 19.4. The van der Waals surface area contributed by atoms with Crippen molar-refractivity contribution in [3.63, 3.8) is 0 Å². The summed E-state index contributed by atoms with van der Waals surface area (Å²) >= 11 is 0. The molecule has 2 aromatic rings. The fraction of sp³-hybridized carbons (Fsp3) is 0.429. The number of carbonyl (C=O) groups excluding carboxylic acids is 2. The van der Waals surface area contributed by atoms with E-state index in [9.17, 15) is 28.0 Å². The van der Waals surface area contributed by atoms with E-state index >= 15 is 0 Å². The first-order valence-corrected chi connectivity index (χ1v) is 12.7. The second-order valence-electron chi connectivity index (χ2n) is 10.9. The molecule has 3 N–H and O–H groups in total. The van der Waals surface area contributed by atoms with Gasteiger partial charge in [-0.3, -0.25) is 14.5 Å². The lowest BCUT2D eigenvalue weighted by atomic mass is 9.93. The average Bonchev–Trinajstić information content (AvgIpc) is 3.66. The van der Waals surface area contributed by atoms with Gasteiger partial charge in [0.05, 0.1) is 35.7 Å². The molecule has 0 radical (unpaired) electrons. The quantitative estimate of drug-likeness (QED) is 0.592. The number of nitrogens with one attached hydrogen (secondary N) is 1. The molecule has 39 heavy (non-hydrogen) atoms. The minimum Gasteiger partial charge on any atom is -0.480 e. The summed E-state index contributed by atoms with van der Waals surface area (Å²) in [7, 11) is 0. The maximum atomic E-state index is 13.5. The maximum Gasteiger partial charge on any atom is 0.425 e. The summed E-state index contributed by atoms with van der Waals surface area (Å²) in [6.45, 7) is 3.61. The van der Waals surface area contributed by atoms with Crippen molar-refractivity contribution >= 4 is 17.8 Å². The van der Waals surface area contributed by atoms with E-state index < -0.39 is 48.1 Å². The van der Waals surface area contributed by atoms with Gasteiger partial charge in [0.15, 0.2) is 12.1 Å². The van der Waals surface area contributed by atoms with Gasteiger partial charge in [-0.05, 0) is 49.9 Å². The van der Waals surface area contributed by atoms with Gasteiger partial charge in [0.2, 0.25) is 11.8 Å². The summed E-state index contributed by atoms with van der Waals surface area (Å²) in [5.41, 5.74) is 7.21. The Balaban J connectivity index is 1.41. The van der Waals surface area contributed by atoms with E-state index in [0.29, 0.717) is 23.1 Å². The van der Waals surface area contributed by atoms with Gasteiger partial charge in [0, 0.05) is 17.9 Å². The Morgan fingerprint density at radius 2 is 1.90 bits per heavy atom. The minimum atomic E-state index is -4.58. The minimum absolute atomic E-state index is 0.0445. The number of fused-ring (bicyclic) bond motifs is 1. The Labute approximate surface area is 223 Å². The van der Waals surface area contributed by atoms with E-state index in [2.05, 4.69) is 16.4 Å². The molecule has 204 valence electrons. The highest BCUT2D eigenvalue weighted by molar-refractivity contribution is 5.99. The van der Waals surface area contributed by atoms with E-state index in [1.165, 1.54) is 11.0 Å². The fourth-order valence-corrected chi connectivity index (χ4v) is 5.53. The fourth-order valence-electron chi connectivity index (χ4n) is 5.53. The molecule has 2 amide bonds. The van der Waals surface area contributed by atoms with Crippen LogP contribution in [0.5, 0.6) is 5.75 Å². The Bertz CT molecular complexity index is 1370. The lowest BCUT2D eigenvalue weighted by Gasteiger charge is -2.38. The van der Waals surface area contributed by atoms with Gasteiger partial charge < -0.3 is 15.8 Å². The third kappa shape index (κ3) is 5.28. The smallest absolute Gasteiger partial charge is 0.425 e. The number of guanidine groups is 1. The molecule has 0 spiro atoms. The highest BCUT2D eigenvalue weighted by Gasteiger charge is 2.54. The molecular weight excluding hydrogens is 511 g/mol. The van der Waals surface area contributed by atoms with Gasteiger partial charge in [-0.2, -0.15) is 18.4 Å². The predicted molar refractivity (Wildman–Crippen MR) is 135 cm³/mol. The monoisotopic (exact) mass is 539 g/mol. The van der Waals surface area contributed by atoms with Gasteiger partial charge in [-0.1, -0.05) is 30.3 Å². The van der Waals surface area contributed by atoms with Crippen LogP contribution in [0.25, 0.3) is 0 Å². The van der Waals surface area contributed by atoms with E-state index in [0.717, 1.165) is 0 Å². The summed E-state index contributed by atoms with van der Waals surface area (Å²) in [6.07, 6.45) is -6.53. The molecule has 5 atom stereocenters. The number of hydrogen-bond acceptors (Lipinski definition) is 6. The van der Waals surface area contributed by atoms with E-state index in [4.69, 9.17) is 10.5 Å². The molecule has 0 aromatic heterocycles. The number of nitriles is 1. The Hall–Kier alpha value is -4.07. The SMILES string of the molecule is CC1(C)CC(=O)N(C(c2ccc(C#N)cc2)[C@H]2C[C@@H]2C(=O)N[C@H]2C[C@@H](C(F)(F)F)Oc3ccccc32)C(N)=N1. The average molecular weight is 540 g/mol. The van der Waals surface area contributed by atoms with Crippen molar-refractivity contribution in [1.29, 1.82) is 5.26 Å². The van der Waals surface area contributed by atoms with Crippen LogP contribution >= 0.6 is 0 Å². The number of ether oxygens (including phenoxy) is 1. The summed E-state index contributed by atoms with van der Waals surface area (Å²) in [4.78, 5) is 32.5. The first kappa shape index (κ1) is 26.5. The summed E-state index contributed by atoms with van der Waals surface area (Å²) in [5, 5.41) is 12.0. The molecule has 11 heteroatoms. The molecule has 0 saturated heterocycles. The lowest BCUT2D eigenvalue weighted by molar-refractivity contribution is -0.201. The van der Waals surface area contributed by atoms with Gasteiger partial charge >= 0.3 is 6.18 Å². The van der Waals surface area contributed by atoms with E-state index in [1.54, 1.807) is 56.3 Å². The number of nitrogens with zero attached hydrogens (tertiary/aromatic N) is 3. The van der Waals surface area contributed by atoms with Crippen LogP contribution in [-0.4, -0.2) is 40.5 Å². The van der Waals surface area contributed by atoms with Crippen LogP contribution in [0.2, 0.25) is 0 Å². The molecule has 1 saturated carbocycles. The van der Waals surface area contributed by atoms with Crippen LogP contribution in [-0.2, 0) is 9.59 Å². The molecule has 1 unspecified atom stereocenters. The molecule has 2 aliphatic heterocycles. The highest BCUT2D eigenvalue weighted by Crippen LogP contribution is 2.52. The second kappa shape index (κ2) is 9.59. The van der Waals surface area contributed by atoms with E-state index in [1.807, 2.05) is 0 Å². The Kier molecular flexibility index (Phi) is 6.53. The van der Waals surface area contributed by atoms with E-state index in [-0.39, 0.29) is 30.0 Å². The van der Waals surface area contributed by atoms with Crippen LogP contribution in [0, 0.1) is 23.2 Å². The zero-order valence-corrected chi connectivity index (χ0v) is 21.4. The molecule has 1 fully saturated rings. The standard InChI is InChI=1S/C28H28F3N5O3/c1-27(2)13-23(37)36(26(33)35-27)24(16-9-7-15(14-32)8-10-16)18-11-19(18)25(38)34-20-12-22(28(29,30)31)39-21-6-4-3-5-17(20)21/h3-10,18-20,22,24H,11-13H2,1-2H3,(H2,33,35)(H,34,38)/t18-,19-,20-,22-,24?/m0/s1. The number of amides is 2. The number of hydrogen-bond donors (Lipinski definition) is 2. The number of para-hydroxylation sites is 1. The van der Waals surface area contributed by atoms with Crippen LogP contribution in [0.1, 0.15) is 61.9 Å². The molecule has 3 aliphatic rings. The number of rotatable bonds is 5. The van der Waals surface area contributed by atoms with Crippen molar-refractivity contribution in [3.8, 4) is 11.8 Å². The number of benzene rings is 2. The Morgan fingerprint density at radius 1 is 1.21 bits per heavy atom. The third-order valence-corrected chi connectivity index (χ3v) is 7.45. The lowest BCUT2D eigenvalue weighted by Crippen LogP contribution is -2.52. The number of alkyl halides is 3. The number of halogens is 3. The molecule has 8 nitrogen and oxygen atoms in total. The van der Waals surface area contributed by atoms with Crippen molar-refractivity contribution in [2.75, 3.05) is 0 Å². The van der Waals surface area contributed by atoms with Crippen LogP contribution in [0.3, 0.4) is 0 Å². The number of carbonyl (C=O) groups is 2. The summed E-state index contributed by atoms with van der Waals surface area (Å²) in [6, 6.07) is 13.6. The number of nitrogens with two attached hydrogens (primary N) is 1. The first-order valence-electron chi connectivity index (χ1n) is 12.7. The molecule has 0 bridgehead atoms. The topological polar surface area (TPSA) is 121 Å². The van der Waals surface area contributed by atoms with Crippen molar-refractivity contribution in [2.45, 2.75) is 63.0 Å². The van der Waals surface area contributed by atoms with Crippen LogP contribution in [0.15, 0.2) is 53.5 Å². The van der Waals surface area contributed by atoms with Gasteiger partial charge in [0.25, 0.3) is 0 Å². The van der Waals surface area contributed by atoms with Crippen molar-refractivity contribution in [2.24, 2.45) is 22.6 Å². The number of aliphatic imine (C=N–C) groups is 1. The summed E-state index contributed by atoms with van der Waals surface area (Å²) in [5.74, 6) is -1.40. The van der Waals surface area contributed by atoms with Crippen molar-refractivity contribution < 1.29 is 27.5 Å². The predicted octanol–water partition coefficient (Wildman–Crippen LogP) is 4.13. The second-order valence-corrected chi connectivity index (χ2v) is 10.9. The zero-order valence-electron chi connectivity index (χ0n) is 21.4. The first-order chi connectivity index (χ1) is 18.4. The van der Waals surface area contributed by atoms with Gasteiger partial charge in [0.1, 0.15) is 5.75 Å². The van der Waals surface area contributed by atoms with Crippen LogP contribution in [0.4, 0.5) is 13.2 Å². The zero-order chi connectivity index (χ0) is 28.1. The summed E-state index contributed by atoms with van der Waals surface area (Å²) < 4.78 is 45.8. The molecule has 2 aromatic carbocycles. The Morgan fingerprint density at radius 3 is 2.54 bits per heavy atom. The molecule has 2 heterocycles. The molecule has 1 aliphatic carbocycles. The van der Waals surface area contributed by atoms with Crippen LogP contribution < -0.4 is 15.8 Å². The van der Waals surface area contributed by atoms with Crippen molar-refractivity contribution in [3.05, 3.63) is 65.2 Å². The molecular formula is C28H28F3N5O3. The largest absolute Gasteiger partial charge is 0.480 e. The normalized spacial score (nSPS) is 26.4. The molecule has 5 rings (SSSR count). The van der Waals surface area contributed by atoms with Crippen molar-refractivity contribution in [1.82, 2.24) is 10.2 Å². The third-order valence-electron chi connectivity index (χ3n) is 7.45. The maximum absolute atomic E-state index is 13.5.